The van der Waals surface area contributed by atoms with E-state index in [2.05, 4.69) is 5.32 Å². The van der Waals surface area contributed by atoms with E-state index in [1.807, 2.05) is 6.92 Å². The maximum absolute atomic E-state index is 11.6. The molecule has 0 heterocycles. The van der Waals surface area contributed by atoms with Crippen LogP contribution in [0.4, 0.5) is 0 Å². The van der Waals surface area contributed by atoms with Gasteiger partial charge in [0.1, 0.15) is 6.10 Å². The van der Waals surface area contributed by atoms with Gasteiger partial charge in [-0.05, 0) is 19.8 Å². The average Bonchev–Trinajstić information content (AvgIpc) is 2.30. The van der Waals surface area contributed by atoms with Gasteiger partial charge in [-0.3, -0.25) is 9.59 Å². The SMILES string of the molecule is CCOCCOC(C)C(=O)NCC(C)CC(=O)O. The molecule has 0 spiro atoms. The first kappa shape index (κ1) is 16.9. The first-order valence-corrected chi connectivity index (χ1v) is 6.16. The average molecular weight is 261 g/mol. The molecule has 0 fully saturated rings. The van der Waals surface area contributed by atoms with Crippen molar-refractivity contribution in [1.29, 1.82) is 0 Å². The van der Waals surface area contributed by atoms with Crippen LogP contribution in [0.25, 0.3) is 0 Å². The van der Waals surface area contributed by atoms with Crippen LogP contribution in [0.2, 0.25) is 0 Å². The predicted octanol–water partition coefficient (Wildman–Crippen LogP) is 0.655. The molecular weight excluding hydrogens is 238 g/mol. The smallest absolute Gasteiger partial charge is 0.303 e. The summed E-state index contributed by atoms with van der Waals surface area (Å²) >= 11 is 0. The Labute approximate surface area is 108 Å². The van der Waals surface area contributed by atoms with Gasteiger partial charge in [0.15, 0.2) is 0 Å². The van der Waals surface area contributed by atoms with Crippen LogP contribution in [0.5, 0.6) is 0 Å². The van der Waals surface area contributed by atoms with Gasteiger partial charge in [0, 0.05) is 19.6 Å². The fourth-order valence-electron chi connectivity index (χ4n) is 1.29. The Morgan fingerprint density at radius 2 is 1.94 bits per heavy atom. The number of aliphatic carboxylic acids is 1. The van der Waals surface area contributed by atoms with E-state index in [1.165, 1.54) is 0 Å². The molecule has 18 heavy (non-hydrogen) atoms. The van der Waals surface area contributed by atoms with Gasteiger partial charge in [-0.1, -0.05) is 6.92 Å². The lowest BCUT2D eigenvalue weighted by Crippen LogP contribution is -2.37. The topological polar surface area (TPSA) is 84.9 Å². The largest absolute Gasteiger partial charge is 0.481 e. The number of rotatable bonds is 10. The van der Waals surface area contributed by atoms with Crippen molar-refractivity contribution in [3.8, 4) is 0 Å². The highest BCUT2D eigenvalue weighted by Gasteiger charge is 2.15. The van der Waals surface area contributed by atoms with E-state index in [9.17, 15) is 9.59 Å². The summed E-state index contributed by atoms with van der Waals surface area (Å²) in [4.78, 5) is 22.0. The molecule has 0 aromatic heterocycles. The van der Waals surface area contributed by atoms with Crippen LogP contribution in [-0.4, -0.2) is 49.5 Å². The zero-order valence-corrected chi connectivity index (χ0v) is 11.3. The molecule has 0 saturated carbocycles. The number of carbonyl (C=O) groups is 2. The highest BCUT2D eigenvalue weighted by molar-refractivity contribution is 5.80. The van der Waals surface area contributed by atoms with Crippen molar-refractivity contribution < 1.29 is 24.2 Å². The van der Waals surface area contributed by atoms with Crippen molar-refractivity contribution in [2.24, 2.45) is 5.92 Å². The Kier molecular flexibility index (Phi) is 9.22. The third-order valence-corrected chi connectivity index (χ3v) is 2.32. The standard InChI is InChI=1S/C12H23NO5/c1-4-17-5-6-18-10(3)12(16)13-8-9(2)7-11(14)15/h9-10H,4-8H2,1-3H3,(H,13,16)(H,14,15). The van der Waals surface area contributed by atoms with Crippen LogP contribution >= 0.6 is 0 Å². The van der Waals surface area contributed by atoms with E-state index < -0.39 is 12.1 Å². The molecule has 2 unspecified atom stereocenters. The second-order valence-corrected chi connectivity index (χ2v) is 4.16. The highest BCUT2D eigenvalue weighted by atomic mass is 16.5. The molecule has 1 amide bonds. The molecular formula is C12H23NO5. The van der Waals surface area contributed by atoms with Crippen LogP contribution < -0.4 is 5.32 Å². The quantitative estimate of drug-likeness (QED) is 0.564. The first-order valence-electron chi connectivity index (χ1n) is 6.16. The molecule has 6 nitrogen and oxygen atoms in total. The number of hydrogen-bond donors (Lipinski definition) is 2. The number of carboxylic acid groups (broad SMARTS) is 1. The summed E-state index contributed by atoms with van der Waals surface area (Å²) in [5.74, 6) is -1.19. The maximum Gasteiger partial charge on any atom is 0.303 e. The maximum atomic E-state index is 11.6. The zero-order chi connectivity index (χ0) is 14.0. The van der Waals surface area contributed by atoms with Crippen LogP contribution in [0.3, 0.4) is 0 Å². The van der Waals surface area contributed by atoms with E-state index in [0.717, 1.165) is 0 Å². The normalized spacial score (nSPS) is 13.9. The molecule has 0 aromatic carbocycles. The van der Waals surface area contributed by atoms with Crippen molar-refractivity contribution >= 4 is 11.9 Å². The zero-order valence-electron chi connectivity index (χ0n) is 11.3. The summed E-state index contributed by atoms with van der Waals surface area (Å²) in [6.45, 7) is 7.11. The van der Waals surface area contributed by atoms with Gasteiger partial charge in [-0.2, -0.15) is 0 Å². The number of carbonyl (C=O) groups excluding carboxylic acids is 1. The van der Waals surface area contributed by atoms with E-state index in [-0.39, 0.29) is 18.2 Å². The van der Waals surface area contributed by atoms with Crippen molar-refractivity contribution in [3.63, 3.8) is 0 Å². The molecule has 0 radical (unpaired) electrons. The highest BCUT2D eigenvalue weighted by Crippen LogP contribution is 2.00. The minimum absolute atomic E-state index is 0.0415. The van der Waals surface area contributed by atoms with Crippen molar-refractivity contribution in [2.75, 3.05) is 26.4 Å². The Morgan fingerprint density at radius 3 is 2.50 bits per heavy atom. The summed E-state index contributed by atoms with van der Waals surface area (Å²) in [6, 6.07) is 0. The summed E-state index contributed by atoms with van der Waals surface area (Å²) in [5.41, 5.74) is 0. The van der Waals surface area contributed by atoms with E-state index in [4.69, 9.17) is 14.6 Å². The number of amides is 1. The summed E-state index contributed by atoms with van der Waals surface area (Å²) in [7, 11) is 0. The van der Waals surface area contributed by atoms with Gasteiger partial charge in [0.25, 0.3) is 0 Å². The number of hydrogen-bond acceptors (Lipinski definition) is 4. The Hall–Kier alpha value is -1.14. The molecule has 2 atom stereocenters. The predicted molar refractivity (Wildman–Crippen MR) is 66.3 cm³/mol. The molecule has 0 rings (SSSR count). The van der Waals surface area contributed by atoms with Crippen LogP contribution in [-0.2, 0) is 19.1 Å². The number of ether oxygens (including phenoxy) is 2. The molecule has 0 aliphatic heterocycles. The number of carboxylic acids is 1. The monoisotopic (exact) mass is 261 g/mol. The molecule has 0 aliphatic carbocycles. The van der Waals surface area contributed by atoms with Crippen LogP contribution in [0.15, 0.2) is 0 Å². The van der Waals surface area contributed by atoms with Crippen molar-refractivity contribution in [2.45, 2.75) is 33.3 Å². The van der Waals surface area contributed by atoms with Crippen molar-refractivity contribution in [3.05, 3.63) is 0 Å². The minimum atomic E-state index is -0.863. The minimum Gasteiger partial charge on any atom is -0.481 e. The molecule has 2 N–H and O–H groups in total. The van der Waals surface area contributed by atoms with Gasteiger partial charge in [-0.25, -0.2) is 0 Å². The molecule has 0 bridgehead atoms. The molecule has 0 saturated heterocycles. The third kappa shape index (κ3) is 8.95. The van der Waals surface area contributed by atoms with E-state index in [0.29, 0.717) is 26.4 Å². The van der Waals surface area contributed by atoms with Gasteiger partial charge in [-0.15, -0.1) is 0 Å². The van der Waals surface area contributed by atoms with Gasteiger partial charge < -0.3 is 19.9 Å². The lowest BCUT2D eigenvalue weighted by Gasteiger charge is -2.15. The summed E-state index contributed by atoms with van der Waals surface area (Å²) < 4.78 is 10.3. The molecule has 6 heteroatoms. The van der Waals surface area contributed by atoms with E-state index in [1.54, 1.807) is 13.8 Å². The fraction of sp³-hybridized carbons (Fsp3) is 0.833. The lowest BCUT2D eigenvalue weighted by atomic mass is 10.1. The Balaban J connectivity index is 3.70. The molecule has 0 aromatic rings. The first-order chi connectivity index (χ1) is 8.47. The summed E-state index contributed by atoms with van der Waals surface area (Å²) in [6.07, 6.45) is -0.512. The Bertz CT molecular complexity index is 257. The molecule has 0 aliphatic rings. The second-order valence-electron chi connectivity index (χ2n) is 4.16. The Morgan fingerprint density at radius 1 is 1.28 bits per heavy atom. The van der Waals surface area contributed by atoms with Crippen molar-refractivity contribution in [1.82, 2.24) is 5.32 Å². The van der Waals surface area contributed by atoms with Gasteiger partial charge in [0.2, 0.25) is 5.91 Å². The lowest BCUT2D eigenvalue weighted by molar-refractivity contribution is -0.138. The van der Waals surface area contributed by atoms with E-state index >= 15 is 0 Å². The second kappa shape index (κ2) is 9.85. The fourth-order valence-corrected chi connectivity index (χ4v) is 1.29. The van der Waals surface area contributed by atoms with Gasteiger partial charge in [0.05, 0.1) is 13.2 Å². The third-order valence-electron chi connectivity index (χ3n) is 2.32. The molecule has 106 valence electrons. The van der Waals surface area contributed by atoms with Gasteiger partial charge >= 0.3 is 5.97 Å². The number of nitrogens with one attached hydrogen (secondary N) is 1. The van der Waals surface area contributed by atoms with Crippen LogP contribution in [0.1, 0.15) is 27.2 Å². The van der Waals surface area contributed by atoms with Crippen LogP contribution in [0, 0.1) is 5.92 Å². The summed E-state index contributed by atoms with van der Waals surface area (Å²) in [5, 5.41) is 11.2.